The monoisotopic (exact) mass is 898 g/mol. The van der Waals surface area contributed by atoms with E-state index in [0.717, 1.165) is 32.1 Å². The minimum absolute atomic E-state index is 0.153. The number of carboxylic acid groups (broad SMARTS) is 1. The van der Waals surface area contributed by atoms with Crippen LogP contribution in [0.4, 0.5) is 0 Å². The molecular weight excluding hydrogens is 806 g/mol. The number of phosphoric acid groups is 1. The molecule has 62 heavy (non-hydrogen) atoms. The van der Waals surface area contributed by atoms with Crippen LogP contribution in [-0.4, -0.2) is 59.9 Å². The van der Waals surface area contributed by atoms with Crippen LogP contribution < -0.4 is 5.73 Å². The molecule has 3 atom stereocenters. The molecular formula is C50H92NO10P. The molecule has 0 radical (unpaired) electrons. The van der Waals surface area contributed by atoms with E-state index >= 15 is 0 Å². The Hall–Kier alpha value is -2.30. The lowest BCUT2D eigenvalue weighted by molar-refractivity contribution is -0.161. The van der Waals surface area contributed by atoms with Gasteiger partial charge in [-0.1, -0.05) is 192 Å². The van der Waals surface area contributed by atoms with Gasteiger partial charge in [-0.05, 0) is 64.2 Å². The van der Waals surface area contributed by atoms with E-state index in [0.29, 0.717) is 19.3 Å². The number of phosphoric ester groups is 1. The van der Waals surface area contributed by atoms with Crippen LogP contribution >= 0.6 is 7.82 Å². The summed E-state index contributed by atoms with van der Waals surface area (Å²) in [6.07, 6.45) is 50.7. The molecule has 0 saturated heterocycles. The van der Waals surface area contributed by atoms with E-state index in [9.17, 15) is 23.8 Å². The van der Waals surface area contributed by atoms with Gasteiger partial charge in [0.15, 0.2) is 6.10 Å². The Labute approximate surface area is 378 Å². The maximum Gasteiger partial charge on any atom is 0.472 e. The summed E-state index contributed by atoms with van der Waals surface area (Å²) < 4.78 is 32.8. The quantitative estimate of drug-likeness (QED) is 0.0230. The van der Waals surface area contributed by atoms with Crippen LogP contribution in [0.2, 0.25) is 0 Å². The molecule has 0 amide bonds. The lowest BCUT2D eigenvalue weighted by Crippen LogP contribution is -2.34. The Morgan fingerprint density at radius 1 is 0.500 bits per heavy atom. The van der Waals surface area contributed by atoms with E-state index in [2.05, 4.69) is 48.8 Å². The van der Waals surface area contributed by atoms with Crippen LogP contribution in [0.25, 0.3) is 0 Å². The van der Waals surface area contributed by atoms with Gasteiger partial charge in [0, 0.05) is 12.8 Å². The summed E-state index contributed by atoms with van der Waals surface area (Å²) in [5.41, 5.74) is 5.35. The second-order valence-electron chi connectivity index (χ2n) is 16.9. The Balaban J connectivity index is 4.30. The molecule has 4 N–H and O–H groups in total. The highest BCUT2D eigenvalue weighted by molar-refractivity contribution is 7.47. The van der Waals surface area contributed by atoms with Crippen LogP contribution in [0.15, 0.2) is 36.5 Å². The van der Waals surface area contributed by atoms with Gasteiger partial charge in [0.2, 0.25) is 0 Å². The van der Waals surface area contributed by atoms with Gasteiger partial charge in [0.1, 0.15) is 12.6 Å². The van der Waals surface area contributed by atoms with Crippen molar-refractivity contribution >= 4 is 25.7 Å². The molecule has 362 valence electrons. The number of carbonyl (C=O) groups is 3. The minimum Gasteiger partial charge on any atom is -0.480 e. The van der Waals surface area contributed by atoms with Gasteiger partial charge in [-0.3, -0.25) is 23.4 Å². The summed E-state index contributed by atoms with van der Waals surface area (Å²) in [6.45, 7) is 2.79. The number of nitrogens with two attached hydrogens (primary N) is 1. The number of allylic oxidation sites excluding steroid dienone is 6. The largest absolute Gasteiger partial charge is 0.480 e. The van der Waals surface area contributed by atoms with E-state index in [-0.39, 0.29) is 19.4 Å². The fourth-order valence-corrected chi connectivity index (χ4v) is 7.70. The average molecular weight is 898 g/mol. The molecule has 0 aromatic heterocycles. The summed E-state index contributed by atoms with van der Waals surface area (Å²) in [6, 6.07) is -1.53. The number of esters is 2. The molecule has 0 aliphatic carbocycles. The van der Waals surface area contributed by atoms with Gasteiger partial charge in [0.05, 0.1) is 13.2 Å². The van der Waals surface area contributed by atoms with Crippen LogP contribution in [0.1, 0.15) is 232 Å². The number of aliphatic carboxylic acids is 1. The molecule has 0 aliphatic rings. The molecule has 0 bridgehead atoms. The molecule has 0 rings (SSSR count). The van der Waals surface area contributed by atoms with Crippen molar-refractivity contribution in [2.45, 2.75) is 244 Å². The molecule has 11 nitrogen and oxygen atoms in total. The van der Waals surface area contributed by atoms with Crippen LogP contribution in [0, 0.1) is 0 Å². The summed E-state index contributed by atoms with van der Waals surface area (Å²) in [7, 11) is -4.73. The molecule has 0 aromatic carbocycles. The van der Waals surface area contributed by atoms with Crippen molar-refractivity contribution in [2.75, 3.05) is 19.8 Å². The van der Waals surface area contributed by atoms with Gasteiger partial charge in [-0.2, -0.15) is 0 Å². The third-order valence-corrected chi connectivity index (χ3v) is 11.8. The van der Waals surface area contributed by atoms with E-state index in [4.69, 9.17) is 24.8 Å². The Morgan fingerprint density at radius 2 is 0.871 bits per heavy atom. The summed E-state index contributed by atoms with van der Waals surface area (Å²) >= 11 is 0. The molecule has 0 heterocycles. The number of carboxylic acids is 1. The summed E-state index contributed by atoms with van der Waals surface area (Å²) in [4.78, 5) is 46.1. The zero-order valence-corrected chi connectivity index (χ0v) is 40.4. The van der Waals surface area contributed by atoms with Gasteiger partial charge in [-0.15, -0.1) is 0 Å². The standard InChI is InChI=1S/C50H92NO10P/c1-3-5-7-9-11-13-15-17-19-21-22-23-24-26-28-30-32-34-36-38-40-42-49(53)61-46(44-59-62(56,57)60-45-47(51)50(54)55)43-58-48(52)41-39-37-35-33-31-29-27-25-20-18-16-14-12-10-8-6-4-2/h17,19,27,29,33,35,46-47H,3-16,18,20-26,28,30-32,34,36-45,51H2,1-2H3,(H,54,55)(H,56,57)/b19-17+,29-27+,35-33+/t46-,47+/m1/s1. The molecule has 0 spiro atoms. The topological polar surface area (TPSA) is 172 Å². The highest BCUT2D eigenvalue weighted by atomic mass is 31.2. The zero-order chi connectivity index (χ0) is 45.6. The molecule has 0 aliphatic heterocycles. The third kappa shape index (κ3) is 44.3. The number of carbonyl (C=O) groups excluding carboxylic acids is 2. The summed E-state index contributed by atoms with van der Waals surface area (Å²) in [5.74, 6) is -2.43. The van der Waals surface area contributed by atoms with Crippen molar-refractivity contribution in [3.8, 4) is 0 Å². The second kappa shape index (κ2) is 45.3. The molecule has 0 saturated carbocycles. The van der Waals surface area contributed by atoms with E-state index in [1.807, 2.05) is 6.08 Å². The van der Waals surface area contributed by atoms with Crippen molar-refractivity contribution < 1.29 is 47.5 Å². The molecule has 0 aromatic rings. The van der Waals surface area contributed by atoms with Crippen molar-refractivity contribution in [3.63, 3.8) is 0 Å². The zero-order valence-electron chi connectivity index (χ0n) is 39.5. The summed E-state index contributed by atoms with van der Waals surface area (Å²) in [5, 5.41) is 8.91. The van der Waals surface area contributed by atoms with Gasteiger partial charge >= 0.3 is 25.7 Å². The van der Waals surface area contributed by atoms with Crippen molar-refractivity contribution in [2.24, 2.45) is 5.73 Å². The maximum absolute atomic E-state index is 12.7. The lowest BCUT2D eigenvalue weighted by Gasteiger charge is -2.20. The smallest absolute Gasteiger partial charge is 0.472 e. The van der Waals surface area contributed by atoms with Crippen LogP contribution in [-0.2, 0) is 37.5 Å². The first-order chi connectivity index (χ1) is 30.1. The minimum atomic E-state index is -4.73. The van der Waals surface area contributed by atoms with Crippen LogP contribution in [0.5, 0.6) is 0 Å². The molecule has 12 heteroatoms. The number of rotatable bonds is 47. The predicted molar refractivity (Wildman–Crippen MR) is 254 cm³/mol. The van der Waals surface area contributed by atoms with Crippen molar-refractivity contribution in [1.82, 2.24) is 0 Å². The third-order valence-electron chi connectivity index (χ3n) is 10.9. The first-order valence-corrected chi connectivity index (χ1v) is 26.5. The average Bonchev–Trinajstić information content (AvgIpc) is 3.25. The number of hydrogen-bond donors (Lipinski definition) is 3. The van der Waals surface area contributed by atoms with Crippen molar-refractivity contribution in [3.05, 3.63) is 36.5 Å². The molecule has 0 fully saturated rings. The predicted octanol–water partition coefficient (Wildman–Crippen LogP) is 14.0. The lowest BCUT2D eigenvalue weighted by atomic mass is 10.0. The van der Waals surface area contributed by atoms with E-state index < -0.39 is 51.1 Å². The van der Waals surface area contributed by atoms with E-state index in [1.165, 1.54) is 154 Å². The highest BCUT2D eigenvalue weighted by Crippen LogP contribution is 2.43. The SMILES string of the molecule is CCCCCCCC/C=C/CCCCCCCCCCCCCC(=O)O[C@H](COC(=O)CCC/C=C/C/C=C/CCCCCCCCCCC)COP(=O)(O)OC[C@H](N)C(=O)O. The molecule has 1 unspecified atom stereocenters. The fraction of sp³-hybridized carbons (Fsp3) is 0.820. The van der Waals surface area contributed by atoms with Gasteiger partial charge in [0.25, 0.3) is 0 Å². The number of hydrogen-bond acceptors (Lipinski definition) is 9. The van der Waals surface area contributed by atoms with E-state index in [1.54, 1.807) is 0 Å². The maximum atomic E-state index is 12.7. The highest BCUT2D eigenvalue weighted by Gasteiger charge is 2.28. The Morgan fingerprint density at radius 3 is 1.32 bits per heavy atom. The fourth-order valence-electron chi connectivity index (χ4n) is 6.92. The normalized spacial score (nSPS) is 13.9. The van der Waals surface area contributed by atoms with Gasteiger partial charge in [-0.25, -0.2) is 4.57 Å². The Bertz CT molecular complexity index is 1190. The van der Waals surface area contributed by atoms with Crippen molar-refractivity contribution in [1.29, 1.82) is 0 Å². The van der Waals surface area contributed by atoms with Crippen LogP contribution in [0.3, 0.4) is 0 Å². The first kappa shape index (κ1) is 59.7. The number of unbranched alkanes of at least 4 members (excludes halogenated alkanes) is 27. The first-order valence-electron chi connectivity index (χ1n) is 25.0. The van der Waals surface area contributed by atoms with Gasteiger partial charge < -0.3 is 25.2 Å². The Kier molecular flexibility index (Phi) is 43.6. The second-order valence-corrected chi connectivity index (χ2v) is 18.4. The number of ether oxygens (including phenoxy) is 2.